The van der Waals surface area contributed by atoms with Gasteiger partial charge >= 0.3 is 0 Å². The number of rotatable bonds is 2. The standard InChI is InChI=1S/C16H16N2OS/c19-14-10-11-6-4-5-9-13(11)15(14)18-16(20)17-12-7-2-1-3-8-12/h1-9,14-15,19H,10H2,(H2,17,18,20)/t14-,15+/m0/s1. The van der Waals surface area contributed by atoms with Crippen molar-refractivity contribution in [3.8, 4) is 0 Å². The molecule has 3 rings (SSSR count). The summed E-state index contributed by atoms with van der Waals surface area (Å²) in [5.74, 6) is 0. The van der Waals surface area contributed by atoms with Crippen LogP contribution in [-0.2, 0) is 6.42 Å². The molecule has 0 amide bonds. The van der Waals surface area contributed by atoms with Crippen molar-refractivity contribution in [2.75, 3.05) is 5.32 Å². The first-order chi connectivity index (χ1) is 9.74. The summed E-state index contributed by atoms with van der Waals surface area (Å²) in [7, 11) is 0. The van der Waals surface area contributed by atoms with Gasteiger partial charge in [-0.15, -0.1) is 0 Å². The van der Waals surface area contributed by atoms with Crippen molar-refractivity contribution < 1.29 is 5.11 Å². The summed E-state index contributed by atoms with van der Waals surface area (Å²) in [5.41, 5.74) is 3.24. The van der Waals surface area contributed by atoms with Crippen LogP contribution in [0.2, 0.25) is 0 Å². The Kier molecular flexibility index (Phi) is 3.67. The predicted molar refractivity (Wildman–Crippen MR) is 84.7 cm³/mol. The van der Waals surface area contributed by atoms with Crippen LogP contribution in [0, 0.1) is 0 Å². The molecule has 2 aromatic rings. The van der Waals surface area contributed by atoms with Crippen molar-refractivity contribution in [1.82, 2.24) is 5.32 Å². The summed E-state index contributed by atoms with van der Waals surface area (Å²) in [6.45, 7) is 0. The number of benzene rings is 2. The van der Waals surface area contributed by atoms with E-state index in [-0.39, 0.29) is 6.04 Å². The normalized spacial score (nSPS) is 20.2. The zero-order chi connectivity index (χ0) is 13.9. The molecule has 0 aliphatic heterocycles. The zero-order valence-electron chi connectivity index (χ0n) is 10.9. The van der Waals surface area contributed by atoms with E-state index in [2.05, 4.69) is 10.6 Å². The smallest absolute Gasteiger partial charge is 0.171 e. The molecular weight excluding hydrogens is 268 g/mol. The van der Waals surface area contributed by atoms with Crippen molar-refractivity contribution >= 4 is 23.0 Å². The molecule has 2 aromatic carbocycles. The highest BCUT2D eigenvalue weighted by Crippen LogP contribution is 2.31. The molecule has 0 unspecified atom stereocenters. The van der Waals surface area contributed by atoms with Gasteiger partial charge in [0.2, 0.25) is 0 Å². The van der Waals surface area contributed by atoms with Crippen LogP contribution in [0.3, 0.4) is 0 Å². The number of anilines is 1. The third-order valence-electron chi connectivity index (χ3n) is 3.52. The van der Waals surface area contributed by atoms with Gasteiger partial charge in [-0.2, -0.15) is 0 Å². The second-order valence-electron chi connectivity index (χ2n) is 4.91. The minimum Gasteiger partial charge on any atom is -0.390 e. The average Bonchev–Trinajstić information content (AvgIpc) is 2.76. The number of hydrogen-bond acceptors (Lipinski definition) is 2. The van der Waals surface area contributed by atoms with Crippen LogP contribution in [0.15, 0.2) is 54.6 Å². The van der Waals surface area contributed by atoms with Crippen molar-refractivity contribution in [3.63, 3.8) is 0 Å². The fraction of sp³-hybridized carbons (Fsp3) is 0.188. The number of nitrogens with one attached hydrogen (secondary N) is 2. The third kappa shape index (κ3) is 2.66. The molecule has 1 aliphatic carbocycles. The Morgan fingerprint density at radius 3 is 2.55 bits per heavy atom. The Bertz CT molecular complexity index is 615. The molecule has 102 valence electrons. The molecule has 4 heteroatoms. The van der Waals surface area contributed by atoms with E-state index in [1.54, 1.807) is 0 Å². The van der Waals surface area contributed by atoms with Crippen LogP contribution < -0.4 is 10.6 Å². The highest BCUT2D eigenvalue weighted by Gasteiger charge is 2.30. The van der Waals surface area contributed by atoms with Crippen molar-refractivity contribution in [2.24, 2.45) is 0 Å². The summed E-state index contributed by atoms with van der Waals surface area (Å²) in [4.78, 5) is 0. The molecule has 3 N–H and O–H groups in total. The fourth-order valence-corrected chi connectivity index (χ4v) is 2.82. The summed E-state index contributed by atoms with van der Waals surface area (Å²) in [5, 5.41) is 17.0. The molecule has 3 nitrogen and oxygen atoms in total. The van der Waals surface area contributed by atoms with Gasteiger partial charge in [-0.05, 0) is 35.5 Å². The number of aliphatic hydroxyl groups is 1. The van der Waals surface area contributed by atoms with Gasteiger partial charge in [0, 0.05) is 12.1 Å². The topological polar surface area (TPSA) is 44.3 Å². The quantitative estimate of drug-likeness (QED) is 0.742. The maximum Gasteiger partial charge on any atom is 0.171 e. The summed E-state index contributed by atoms with van der Waals surface area (Å²) in [6, 6.07) is 17.7. The molecule has 0 saturated carbocycles. The van der Waals surface area contributed by atoms with Crippen molar-refractivity contribution in [3.05, 3.63) is 65.7 Å². The molecule has 0 fully saturated rings. The third-order valence-corrected chi connectivity index (χ3v) is 3.74. The van der Waals surface area contributed by atoms with Gasteiger partial charge in [-0.25, -0.2) is 0 Å². The van der Waals surface area contributed by atoms with Gasteiger partial charge in [0.05, 0.1) is 12.1 Å². The van der Waals surface area contributed by atoms with E-state index in [0.717, 1.165) is 11.3 Å². The molecule has 2 atom stereocenters. The number of para-hydroxylation sites is 1. The number of fused-ring (bicyclic) bond motifs is 1. The largest absolute Gasteiger partial charge is 0.390 e. The molecule has 0 heterocycles. The van der Waals surface area contributed by atoms with Crippen LogP contribution >= 0.6 is 12.2 Å². The van der Waals surface area contributed by atoms with Gasteiger partial charge in [0.1, 0.15) is 0 Å². The zero-order valence-corrected chi connectivity index (χ0v) is 11.7. The van der Waals surface area contributed by atoms with E-state index in [4.69, 9.17) is 12.2 Å². The first-order valence-corrected chi connectivity index (χ1v) is 7.03. The second kappa shape index (κ2) is 5.61. The molecule has 0 aromatic heterocycles. The maximum atomic E-state index is 10.2. The molecule has 0 radical (unpaired) electrons. The van der Waals surface area contributed by atoms with E-state index in [1.165, 1.54) is 5.56 Å². The van der Waals surface area contributed by atoms with Crippen LogP contribution in [0.5, 0.6) is 0 Å². The lowest BCUT2D eigenvalue weighted by Gasteiger charge is -2.20. The SMILES string of the molecule is O[C@H]1Cc2ccccc2[C@H]1NC(=S)Nc1ccccc1. The molecule has 0 spiro atoms. The van der Waals surface area contributed by atoms with Crippen LogP contribution in [0.25, 0.3) is 0 Å². The first kappa shape index (κ1) is 13.1. The first-order valence-electron chi connectivity index (χ1n) is 6.62. The summed E-state index contributed by atoms with van der Waals surface area (Å²) >= 11 is 5.32. The Morgan fingerprint density at radius 1 is 1.05 bits per heavy atom. The minimum absolute atomic E-state index is 0.144. The summed E-state index contributed by atoms with van der Waals surface area (Å²) < 4.78 is 0. The Balaban J connectivity index is 1.70. The predicted octanol–water partition coefficient (Wildman–Crippen LogP) is 2.63. The average molecular weight is 284 g/mol. The highest BCUT2D eigenvalue weighted by molar-refractivity contribution is 7.80. The Labute approximate surface area is 123 Å². The van der Waals surface area contributed by atoms with Crippen molar-refractivity contribution in [1.29, 1.82) is 0 Å². The van der Waals surface area contributed by atoms with Crippen molar-refractivity contribution in [2.45, 2.75) is 18.6 Å². The molecule has 1 aliphatic rings. The minimum atomic E-state index is -0.442. The van der Waals surface area contributed by atoms with E-state index >= 15 is 0 Å². The lowest BCUT2D eigenvalue weighted by molar-refractivity contribution is 0.151. The van der Waals surface area contributed by atoms with Gasteiger partial charge in [0.15, 0.2) is 5.11 Å². The Hall–Kier alpha value is -1.91. The lowest BCUT2D eigenvalue weighted by atomic mass is 10.1. The molecule has 0 saturated heterocycles. The van der Waals surface area contributed by atoms with Gasteiger partial charge in [-0.3, -0.25) is 0 Å². The maximum absolute atomic E-state index is 10.2. The van der Waals surface area contributed by atoms with E-state index in [0.29, 0.717) is 11.5 Å². The molecule has 0 bridgehead atoms. The van der Waals surface area contributed by atoms with Gasteiger partial charge < -0.3 is 15.7 Å². The van der Waals surface area contributed by atoms with Gasteiger partial charge in [-0.1, -0.05) is 42.5 Å². The highest BCUT2D eigenvalue weighted by atomic mass is 32.1. The number of aliphatic hydroxyl groups excluding tert-OH is 1. The van der Waals surface area contributed by atoms with E-state index in [9.17, 15) is 5.11 Å². The molecule has 20 heavy (non-hydrogen) atoms. The van der Waals surface area contributed by atoms with Crippen LogP contribution in [0.4, 0.5) is 5.69 Å². The lowest BCUT2D eigenvalue weighted by Crippen LogP contribution is -2.36. The van der Waals surface area contributed by atoms with E-state index in [1.807, 2.05) is 54.6 Å². The number of thiocarbonyl (C=S) groups is 1. The monoisotopic (exact) mass is 284 g/mol. The van der Waals surface area contributed by atoms with E-state index < -0.39 is 6.10 Å². The molecular formula is C16H16N2OS. The summed E-state index contributed by atoms with van der Waals surface area (Å²) in [6.07, 6.45) is 0.227. The van der Waals surface area contributed by atoms with Crippen LogP contribution in [-0.4, -0.2) is 16.3 Å². The second-order valence-corrected chi connectivity index (χ2v) is 5.32. The Morgan fingerprint density at radius 2 is 1.75 bits per heavy atom. The number of hydrogen-bond donors (Lipinski definition) is 3. The fourth-order valence-electron chi connectivity index (χ4n) is 2.58. The van der Waals surface area contributed by atoms with Gasteiger partial charge in [0.25, 0.3) is 0 Å². The van der Waals surface area contributed by atoms with Crippen LogP contribution in [0.1, 0.15) is 17.2 Å².